The Labute approximate surface area is 101 Å². The molecule has 0 fully saturated rings. The third-order valence-electron chi connectivity index (χ3n) is 1.84. The number of hydrogen-bond acceptors (Lipinski definition) is 2. The van der Waals surface area contributed by atoms with Gasteiger partial charge in [-0.3, -0.25) is 4.98 Å². The fourth-order valence-corrected chi connectivity index (χ4v) is 2.40. The van der Waals surface area contributed by atoms with Crippen molar-refractivity contribution in [1.29, 1.82) is 0 Å². The van der Waals surface area contributed by atoms with Crippen molar-refractivity contribution >= 4 is 31.9 Å². The first-order chi connectivity index (χ1) is 6.69. The van der Waals surface area contributed by atoms with Crippen LogP contribution >= 0.6 is 31.9 Å². The second-order valence-corrected chi connectivity index (χ2v) is 4.54. The van der Waals surface area contributed by atoms with Crippen LogP contribution in [0.4, 0.5) is 0 Å². The average Bonchev–Trinajstić information content (AvgIpc) is 2.15. The molecule has 0 aliphatic heterocycles. The molecule has 1 aromatic rings. The van der Waals surface area contributed by atoms with E-state index < -0.39 is 0 Å². The third-order valence-corrected chi connectivity index (χ3v) is 2.91. The van der Waals surface area contributed by atoms with Crippen LogP contribution in [0.3, 0.4) is 0 Å². The topological polar surface area (TPSA) is 24.9 Å². The van der Waals surface area contributed by atoms with E-state index in [-0.39, 0.29) is 6.04 Å². The Kier molecular flexibility index (Phi) is 4.59. The molecule has 14 heavy (non-hydrogen) atoms. The minimum atomic E-state index is 0.0995. The molecule has 0 spiro atoms. The standard InChI is InChI=1S/C10H10Br2N2/c1-3-4-9(13-2)10-8(12)5-7(11)6-14-10/h1,5-6,9,13H,4H2,2H3. The minimum Gasteiger partial charge on any atom is -0.311 e. The van der Waals surface area contributed by atoms with Gasteiger partial charge in [-0.25, -0.2) is 0 Å². The summed E-state index contributed by atoms with van der Waals surface area (Å²) in [7, 11) is 1.87. The van der Waals surface area contributed by atoms with Gasteiger partial charge >= 0.3 is 0 Å². The summed E-state index contributed by atoms with van der Waals surface area (Å²) < 4.78 is 1.91. The maximum atomic E-state index is 5.28. The molecule has 0 aliphatic carbocycles. The molecular weight excluding hydrogens is 308 g/mol. The SMILES string of the molecule is C#CCC(NC)c1ncc(Br)cc1Br. The highest BCUT2D eigenvalue weighted by Gasteiger charge is 2.12. The average molecular weight is 318 g/mol. The summed E-state index contributed by atoms with van der Waals surface area (Å²) in [5.41, 5.74) is 0.939. The number of halogens is 2. The van der Waals surface area contributed by atoms with Crippen molar-refractivity contribution in [3.8, 4) is 12.3 Å². The van der Waals surface area contributed by atoms with Gasteiger partial charge in [0.25, 0.3) is 0 Å². The fraction of sp³-hybridized carbons (Fsp3) is 0.300. The second-order valence-electron chi connectivity index (χ2n) is 2.77. The van der Waals surface area contributed by atoms with Gasteiger partial charge in [-0.05, 0) is 45.0 Å². The van der Waals surface area contributed by atoms with E-state index in [2.05, 4.69) is 48.1 Å². The largest absolute Gasteiger partial charge is 0.311 e. The number of nitrogens with zero attached hydrogens (tertiary/aromatic N) is 1. The fourth-order valence-electron chi connectivity index (χ4n) is 1.13. The molecule has 0 bridgehead atoms. The quantitative estimate of drug-likeness (QED) is 0.867. The lowest BCUT2D eigenvalue weighted by Gasteiger charge is -2.14. The molecule has 0 radical (unpaired) electrons. The highest BCUT2D eigenvalue weighted by molar-refractivity contribution is 9.11. The Bertz CT molecular complexity index is 358. The lowest BCUT2D eigenvalue weighted by atomic mass is 10.1. The number of hydrogen-bond donors (Lipinski definition) is 1. The van der Waals surface area contributed by atoms with Crippen molar-refractivity contribution in [2.75, 3.05) is 7.05 Å². The summed E-state index contributed by atoms with van der Waals surface area (Å²) >= 11 is 6.81. The van der Waals surface area contributed by atoms with Gasteiger partial charge in [-0.15, -0.1) is 12.3 Å². The normalized spacial score (nSPS) is 12.1. The molecule has 0 aliphatic rings. The molecule has 1 unspecified atom stereocenters. The smallest absolute Gasteiger partial charge is 0.0725 e. The summed E-state index contributed by atoms with van der Waals surface area (Å²) in [4.78, 5) is 4.32. The van der Waals surface area contributed by atoms with E-state index in [4.69, 9.17) is 6.42 Å². The van der Waals surface area contributed by atoms with Crippen molar-refractivity contribution in [3.05, 3.63) is 26.9 Å². The van der Waals surface area contributed by atoms with E-state index in [0.29, 0.717) is 6.42 Å². The van der Waals surface area contributed by atoms with Gasteiger partial charge in [0.2, 0.25) is 0 Å². The van der Waals surface area contributed by atoms with Crippen LogP contribution in [0.1, 0.15) is 18.2 Å². The van der Waals surface area contributed by atoms with Crippen LogP contribution in [-0.4, -0.2) is 12.0 Å². The summed E-state index contributed by atoms with van der Waals surface area (Å²) in [5.74, 6) is 2.62. The summed E-state index contributed by atoms with van der Waals surface area (Å²) in [6.07, 6.45) is 7.67. The number of nitrogens with one attached hydrogen (secondary N) is 1. The molecular formula is C10H10Br2N2. The van der Waals surface area contributed by atoms with Gasteiger partial charge < -0.3 is 5.32 Å². The van der Waals surface area contributed by atoms with E-state index in [0.717, 1.165) is 14.6 Å². The molecule has 4 heteroatoms. The van der Waals surface area contributed by atoms with Gasteiger partial charge in [0, 0.05) is 21.6 Å². The van der Waals surface area contributed by atoms with Crippen molar-refractivity contribution in [1.82, 2.24) is 10.3 Å². The first kappa shape index (κ1) is 11.7. The lowest BCUT2D eigenvalue weighted by molar-refractivity contribution is 0.591. The van der Waals surface area contributed by atoms with Gasteiger partial charge in [0.1, 0.15) is 0 Å². The van der Waals surface area contributed by atoms with Gasteiger partial charge in [0.05, 0.1) is 11.7 Å². The number of aromatic nitrogens is 1. The molecule has 1 N–H and O–H groups in total. The van der Waals surface area contributed by atoms with E-state index in [1.165, 1.54) is 0 Å². The Balaban J connectivity index is 2.99. The monoisotopic (exact) mass is 316 g/mol. The van der Waals surface area contributed by atoms with E-state index in [9.17, 15) is 0 Å². The molecule has 1 atom stereocenters. The lowest BCUT2D eigenvalue weighted by Crippen LogP contribution is -2.17. The van der Waals surface area contributed by atoms with Crippen molar-refractivity contribution in [2.24, 2.45) is 0 Å². The zero-order valence-electron chi connectivity index (χ0n) is 7.72. The molecule has 0 saturated carbocycles. The highest BCUT2D eigenvalue weighted by Crippen LogP contribution is 2.25. The van der Waals surface area contributed by atoms with Crippen LogP contribution in [0.25, 0.3) is 0 Å². The zero-order valence-corrected chi connectivity index (χ0v) is 10.9. The van der Waals surface area contributed by atoms with E-state index >= 15 is 0 Å². The van der Waals surface area contributed by atoms with Crippen molar-refractivity contribution in [3.63, 3.8) is 0 Å². The minimum absolute atomic E-state index is 0.0995. The van der Waals surface area contributed by atoms with E-state index in [1.54, 1.807) is 6.20 Å². The summed E-state index contributed by atoms with van der Waals surface area (Å²) in [6.45, 7) is 0. The maximum absolute atomic E-state index is 5.28. The van der Waals surface area contributed by atoms with Crippen molar-refractivity contribution < 1.29 is 0 Å². The predicted molar refractivity (Wildman–Crippen MR) is 64.9 cm³/mol. The van der Waals surface area contributed by atoms with Crippen LogP contribution in [0.2, 0.25) is 0 Å². The van der Waals surface area contributed by atoms with Crippen molar-refractivity contribution in [2.45, 2.75) is 12.5 Å². The number of pyridine rings is 1. The number of rotatable bonds is 3. The molecule has 0 amide bonds. The van der Waals surface area contributed by atoms with E-state index in [1.807, 2.05) is 13.1 Å². The van der Waals surface area contributed by atoms with Gasteiger partial charge in [0.15, 0.2) is 0 Å². The molecule has 74 valence electrons. The second kappa shape index (κ2) is 5.50. The number of terminal acetylenes is 1. The van der Waals surface area contributed by atoms with Crippen LogP contribution in [-0.2, 0) is 0 Å². The molecule has 1 heterocycles. The van der Waals surface area contributed by atoms with Gasteiger partial charge in [-0.1, -0.05) is 0 Å². The first-order valence-corrected chi connectivity index (χ1v) is 5.69. The zero-order chi connectivity index (χ0) is 10.6. The van der Waals surface area contributed by atoms with Gasteiger partial charge in [-0.2, -0.15) is 0 Å². The maximum Gasteiger partial charge on any atom is 0.0725 e. The Morgan fingerprint density at radius 1 is 1.64 bits per heavy atom. The molecule has 0 saturated heterocycles. The molecule has 1 aromatic heterocycles. The Hall–Kier alpha value is -0.370. The summed E-state index contributed by atoms with van der Waals surface area (Å²) in [6, 6.07) is 2.06. The first-order valence-electron chi connectivity index (χ1n) is 4.10. The predicted octanol–water partition coefficient (Wildman–Crippen LogP) is 2.89. The Morgan fingerprint density at radius 2 is 2.36 bits per heavy atom. The Morgan fingerprint density at radius 3 is 2.86 bits per heavy atom. The molecule has 0 aromatic carbocycles. The summed E-state index contributed by atoms with van der Waals surface area (Å²) in [5, 5.41) is 3.13. The third kappa shape index (κ3) is 2.81. The van der Waals surface area contributed by atoms with Crippen LogP contribution in [0.15, 0.2) is 21.2 Å². The van der Waals surface area contributed by atoms with Crippen LogP contribution < -0.4 is 5.32 Å². The van der Waals surface area contributed by atoms with Crippen LogP contribution in [0, 0.1) is 12.3 Å². The highest BCUT2D eigenvalue weighted by atomic mass is 79.9. The van der Waals surface area contributed by atoms with Crippen LogP contribution in [0.5, 0.6) is 0 Å². The molecule has 1 rings (SSSR count). The molecule has 2 nitrogen and oxygen atoms in total.